The molecule has 1 saturated heterocycles. The number of ether oxygens (including phenoxy) is 2. The lowest BCUT2D eigenvalue weighted by atomic mass is 10.2. The normalized spacial score (nSPS) is 16.0. The molecule has 1 aliphatic rings. The molecule has 2 rings (SSSR count). The molecule has 1 fully saturated rings. The molecule has 0 radical (unpaired) electrons. The summed E-state index contributed by atoms with van der Waals surface area (Å²) in [6, 6.07) is 4.94. The minimum atomic E-state index is -1.07. The quantitative estimate of drug-likeness (QED) is 0.629. The highest BCUT2D eigenvalue weighted by molar-refractivity contribution is 8.26. The van der Waals surface area contributed by atoms with Gasteiger partial charge in [0.15, 0.2) is 18.1 Å². The Morgan fingerprint density at radius 1 is 1.48 bits per heavy atom. The smallest absolute Gasteiger partial charge is 0.341 e. The number of methoxy groups -OCH3 is 1. The summed E-state index contributed by atoms with van der Waals surface area (Å²) in [5, 5.41) is 11.1. The van der Waals surface area contributed by atoms with Gasteiger partial charge in [-0.25, -0.2) is 4.79 Å². The number of aliphatic carboxylic acids is 1. The lowest BCUT2D eigenvalue weighted by Gasteiger charge is -2.09. The number of nitrogens with one attached hydrogen (secondary N) is 1. The van der Waals surface area contributed by atoms with Crippen LogP contribution in [-0.2, 0) is 9.59 Å². The number of carbonyl (C=O) groups excluding carboxylic acids is 1. The maximum Gasteiger partial charge on any atom is 0.341 e. The van der Waals surface area contributed by atoms with E-state index in [1.807, 2.05) is 0 Å². The predicted molar refractivity (Wildman–Crippen MR) is 82.4 cm³/mol. The number of rotatable bonds is 5. The SMILES string of the molecule is COc1cc(/C=C2\SC(=S)NC2=O)ccc1OCC(=O)O. The molecule has 0 unspecified atom stereocenters. The second-order valence-electron chi connectivity index (χ2n) is 3.94. The molecule has 0 bridgehead atoms. The molecule has 8 heteroatoms. The van der Waals surface area contributed by atoms with Gasteiger partial charge in [-0.1, -0.05) is 30.0 Å². The molecule has 0 aromatic heterocycles. The summed E-state index contributed by atoms with van der Waals surface area (Å²) in [4.78, 5) is 22.6. The first-order valence-corrected chi connectivity index (χ1v) is 6.99. The molecular weight excluding hydrogens is 314 g/mol. The van der Waals surface area contributed by atoms with Gasteiger partial charge in [0.2, 0.25) is 0 Å². The van der Waals surface area contributed by atoms with Crippen LogP contribution in [0.25, 0.3) is 6.08 Å². The summed E-state index contributed by atoms with van der Waals surface area (Å²) < 4.78 is 10.7. The Labute approximate surface area is 130 Å². The average Bonchev–Trinajstić information content (AvgIpc) is 2.75. The van der Waals surface area contributed by atoms with Crippen molar-refractivity contribution < 1.29 is 24.2 Å². The molecule has 6 nitrogen and oxygen atoms in total. The molecule has 0 aliphatic carbocycles. The number of hydrogen-bond acceptors (Lipinski definition) is 6. The molecule has 0 spiro atoms. The van der Waals surface area contributed by atoms with E-state index in [0.29, 0.717) is 20.7 Å². The predicted octanol–water partition coefficient (Wildman–Crippen LogP) is 1.65. The van der Waals surface area contributed by atoms with Crippen LogP contribution < -0.4 is 14.8 Å². The van der Waals surface area contributed by atoms with Crippen molar-refractivity contribution in [3.05, 3.63) is 28.7 Å². The van der Waals surface area contributed by atoms with Crippen molar-refractivity contribution in [2.24, 2.45) is 0 Å². The van der Waals surface area contributed by atoms with Gasteiger partial charge in [-0.15, -0.1) is 0 Å². The first kappa shape index (κ1) is 15.3. The largest absolute Gasteiger partial charge is 0.493 e. The van der Waals surface area contributed by atoms with Gasteiger partial charge < -0.3 is 19.9 Å². The van der Waals surface area contributed by atoms with Crippen LogP contribution in [-0.4, -0.2) is 35.0 Å². The van der Waals surface area contributed by atoms with E-state index in [-0.39, 0.29) is 5.91 Å². The molecule has 1 aliphatic heterocycles. The first-order chi connectivity index (χ1) is 9.99. The van der Waals surface area contributed by atoms with Crippen LogP contribution in [0.2, 0.25) is 0 Å². The van der Waals surface area contributed by atoms with E-state index in [0.717, 1.165) is 5.56 Å². The van der Waals surface area contributed by atoms with Crippen molar-refractivity contribution in [3.8, 4) is 11.5 Å². The Morgan fingerprint density at radius 3 is 2.81 bits per heavy atom. The Bertz CT molecular complexity index is 641. The summed E-state index contributed by atoms with van der Waals surface area (Å²) in [7, 11) is 1.45. The van der Waals surface area contributed by atoms with E-state index in [4.69, 9.17) is 26.8 Å². The fraction of sp³-hybridized carbons (Fsp3) is 0.154. The van der Waals surface area contributed by atoms with E-state index in [2.05, 4.69) is 5.32 Å². The molecule has 2 N–H and O–H groups in total. The average molecular weight is 325 g/mol. The van der Waals surface area contributed by atoms with E-state index in [1.54, 1.807) is 24.3 Å². The van der Waals surface area contributed by atoms with Crippen LogP contribution in [0.5, 0.6) is 11.5 Å². The van der Waals surface area contributed by atoms with Crippen LogP contribution in [0.3, 0.4) is 0 Å². The Kier molecular flexibility index (Phi) is 4.81. The van der Waals surface area contributed by atoms with Gasteiger partial charge in [0.1, 0.15) is 4.32 Å². The van der Waals surface area contributed by atoms with E-state index >= 15 is 0 Å². The Balaban J connectivity index is 2.23. The summed E-state index contributed by atoms with van der Waals surface area (Å²) in [5.74, 6) is -0.608. The van der Waals surface area contributed by atoms with Crippen molar-refractivity contribution in [1.82, 2.24) is 5.32 Å². The molecule has 21 heavy (non-hydrogen) atoms. The van der Waals surface area contributed by atoms with Crippen LogP contribution in [0.1, 0.15) is 5.56 Å². The van der Waals surface area contributed by atoms with E-state index in [9.17, 15) is 9.59 Å². The number of benzene rings is 1. The number of thiocarbonyl (C=S) groups is 1. The molecule has 0 atom stereocenters. The summed E-state index contributed by atoms with van der Waals surface area (Å²) in [5.41, 5.74) is 0.719. The third-order valence-corrected chi connectivity index (χ3v) is 3.64. The fourth-order valence-electron chi connectivity index (χ4n) is 1.61. The third kappa shape index (κ3) is 3.96. The number of amides is 1. The lowest BCUT2D eigenvalue weighted by Crippen LogP contribution is -2.17. The Morgan fingerprint density at radius 2 is 2.24 bits per heavy atom. The van der Waals surface area contributed by atoms with Gasteiger partial charge in [0.05, 0.1) is 12.0 Å². The monoisotopic (exact) mass is 325 g/mol. The summed E-state index contributed by atoms with van der Waals surface area (Å²) >= 11 is 6.09. The maximum atomic E-state index is 11.6. The number of hydrogen-bond donors (Lipinski definition) is 2. The van der Waals surface area contributed by atoms with Crippen molar-refractivity contribution in [2.75, 3.05) is 13.7 Å². The number of carboxylic acids is 1. The zero-order valence-corrected chi connectivity index (χ0v) is 12.5. The third-order valence-electron chi connectivity index (χ3n) is 2.48. The standard InChI is InChI=1S/C13H11NO5S2/c1-18-9-4-7(2-3-8(9)19-6-11(15)16)5-10-12(17)14-13(20)21-10/h2-5H,6H2,1H3,(H,15,16)(H,14,17,20)/b10-5-. The Hall–Kier alpha value is -2.06. The lowest BCUT2D eigenvalue weighted by molar-refractivity contribution is -0.139. The fourth-order valence-corrected chi connectivity index (χ4v) is 2.65. The maximum absolute atomic E-state index is 11.6. The van der Waals surface area contributed by atoms with E-state index < -0.39 is 12.6 Å². The van der Waals surface area contributed by atoms with Crippen molar-refractivity contribution in [1.29, 1.82) is 0 Å². The van der Waals surface area contributed by atoms with Gasteiger partial charge in [-0.05, 0) is 23.8 Å². The molecule has 1 aromatic carbocycles. The summed E-state index contributed by atoms with van der Waals surface area (Å²) in [6.45, 7) is -0.455. The second kappa shape index (κ2) is 6.59. The zero-order valence-electron chi connectivity index (χ0n) is 10.9. The topological polar surface area (TPSA) is 84.9 Å². The van der Waals surface area contributed by atoms with E-state index in [1.165, 1.54) is 18.9 Å². The number of carboxylic acid groups (broad SMARTS) is 1. The van der Waals surface area contributed by atoms with Crippen molar-refractivity contribution in [2.45, 2.75) is 0 Å². The second-order valence-corrected chi connectivity index (χ2v) is 5.66. The molecule has 0 saturated carbocycles. The van der Waals surface area contributed by atoms with Crippen LogP contribution in [0.15, 0.2) is 23.1 Å². The minimum absolute atomic E-state index is 0.241. The number of carbonyl (C=O) groups is 2. The molecule has 110 valence electrons. The van der Waals surface area contributed by atoms with Gasteiger partial charge in [-0.3, -0.25) is 4.79 Å². The van der Waals surface area contributed by atoms with Gasteiger partial charge in [0.25, 0.3) is 5.91 Å². The summed E-state index contributed by atoms with van der Waals surface area (Å²) in [6.07, 6.45) is 1.67. The highest BCUT2D eigenvalue weighted by Crippen LogP contribution is 2.31. The van der Waals surface area contributed by atoms with Crippen LogP contribution >= 0.6 is 24.0 Å². The zero-order chi connectivity index (χ0) is 15.4. The molecular formula is C13H11NO5S2. The van der Waals surface area contributed by atoms with Crippen LogP contribution in [0, 0.1) is 0 Å². The van der Waals surface area contributed by atoms with Crippen molar-refractivity contribution in [3.63, 3.8) is 0 Å². The van der Waals surface area contributed by atoms with Crippen molar-refractivity contribution >= 4 is 46.3 Å². The highest BCUT2D eigenvalue weighted by Gasteiger charge is 2.22. The van der Waals surface area contributed by atoms with Gasteiger partial charge >= 0.3 is 5.97 Å². The van der Waals surface area contributed by atoms with Crippen LogP contribution in [0.4, 0.5) is 0 Å². The molecule has 1 aromatic rings. The number of thioether (sulfide) groups is 1. The minimum Gasteiger partial charge on any atom is -0.493 e. The molecule has 1 heterocycles. The molecule has 1 amide bonds. The first-order valence-electron chi connectivity index (χ1n) is 5.77. The highest BCUT2D eigenvalue weighted by atomic mass is 32.2. The van der Waals surface area contributed by atoms with Gasteiger partial charge in [0, 0.05) is 0 Å². The van der Waals surface area contributed by atoms with Gasteiger partial charge in [-0.2, -0.15) is 0 Å².